The number of hydrazine groups is 1. The summed E-state index contributed by atoms with van der Waals surface area (Å²) in [5.41, 5.74) is 8.19. The maximum Gasteiger partial charge on any atom is 0.271 e. The predicted octanol–water partition coefficient (Wildman–Crippen LogP) is 2.75. The molecule has 2 N–H and O–H groups in total. The molecule has 3 rings (SSSR count). The van der Waals surface area contributed by atoms with Gasteiger partial charge in [0.05, 0.1) is 5.56 Å². The van der Waals surface area contributed by atoms with E-state index in [-0.39, 0.29) is 0 Å². The smallest absolute Gasteiger partial charge is 0.271 e. The van der Waals surface area contributed by atoms with Crippen molar-refractivity contribution in [2.24, 2.45) is 0 Å². The van der Waals surface area contributed by atoms with Crippen molar-refractivity contribution in [3.63, 3.8) is 0 Å². The number of carbonyl (C=O) groups excluding carboxylic acids is 2. The van der Waals surface area contributed by atoms with Crippen LogP contribution in [-0.2, 0) is 6.61 Å². The summed E-state index contributed by atoms with van der Waals surface area (Å²) in [7, 11) is 0. The molecule has 0 radical (unpaired) electrons. The van der Waals surface area contributed by atoms with Gasteiger partial charge in [-0.2, -0.15) is 0 Å². The van der Waals surface area contributed by atoms with Gasteiger partial charge in [-0.05, 0) is 55.3 Å². The van der Waals surface area contributed by atoms with E-state index >= 15 is 0 Å². The number of nitrogens with one attached hydrogen (secondary N) is 2. The zero-order chi connectivity index (χ0) is 19.9. The summed E-state index contributed by atoms with van der Waals surface area (Å²) >= 11 is 0. The first-order chi connectivity index (χ1) is 13.5. The maximum atomic E-state index is 12.4. The molecule has 0 atom stereocenters. The summed E-state index contributed by atoms with van der Waals surface area (Å²) in [5, 5.41) is 0. The quantitative estimate of drug-likeness (QED) is 0.668. The number of carbonyl (C=O) groups is 2. The maximum absolute atomic E-state index is 12.4. The van der Waals surface area contributed by atoms with E-state index in [1.54, 1.807) is 42.9 Å². The van der Waals surface area contributed by atoms with Crippen molar-refractivity contribution in [1.82, 2.24) is 20.8 Å². The van der Waals surface area contributed by atoms with Crippen LogP contribution in [0.1, 0.15) is 37.4 Å². The van der Waals surface area contributed by atoms with Crippen molar-refractivity contribution in [3.8, 4) is 5.75 Å². The number of ether oxygens (including phenoxy) is 1. The third-order valence-corrected chi connectivity index (χ3v) is 4.04. The highest BCUT2D eigenvalue weighted by Gasteiger charge is 2.13. The van der Waals surface area contributed by atoms with Gasteiger partial charge in [-0.3, -0.25) is 30.4 Å². The molecule has 7 heteroatoms. The van der Waals surface area contributed by atoms with Crippen LogP contribution in [0, 0.1) is 13.8 Å². The van der Waals surface area contributed by atoms with Gasteiger partial charge in [0.1, 0.15) is 12.4 Å². The molecule has 0 aliphatic carbocycles. The van der Waals surface area contributed by atoms with Gasteiger partial charge in [0, 0.05) is 35.9 Å². The summed E-state index contributed by atoms with van der Waals surface area (Å²) in [4.78, 5) is 32.3. The van der Waals surface area contributed by atoms with Gasteiger partial charge < -0.3 is 4.74 Å². The van der Waals surface area contributed by atoms with Gasteiger partial charge in [-0.25, -0.2) is 0 Å². The van der Waals surface area contributed by atoms with Crippen LogP contribution < -0.4 is 15.6 Å². The van der Waals surface area contributed by atoms with E-state index in [4.69, 9.17) is 4.74 Å². The Morgan fingerprint density at radius 1 is 0.893 bits per heavy atom. The van der Waals surface area contributed by atoms with Gasteiger partial charge in [-0.1, -0.05) is 6.07 Å². The van der Waals surface area contributed by atoms with Crippen LogP contribution in [0.25, 0.3) is 0 Å². The fourth-order valence-electron chi connectivity index (χ4n) is 2.70. The van der Waals surface area contributed by atoms with Crippen LogP contribution in [0.2, 0.25) is 0 Å². The Labute approximate surface area is 162 Å². The number of nitrogens with zero attached hydrogens (tertiary/aromatic N) is 2. The third-order valence-electron chi connectivity index (χ3n) is 4.04. The molecule has 1 aromatic carbocycles. The molecule has 0 fully saturated rings. The summed E-state index contributed by atoms with van der Waals surface area (Å²) in [6.07, 6.45) is 6.45. The Morgan fingerprint density at radius 2 is 1.50 bits per heavy atom. The van der Waals surface area contributed by atoms with Gasteiger partial charge in [0.15, 0.2) is 0 Å². The van der Waals surface area contributed by atoms with Crippen molar-refractivity contribution < 1.29 is 14.3 Å². The number of benzene rings is 1. The minimum Gasteiger partial charge on any atom is -0.488 e. The van der Waals surface area contributed by atoms with Crippen LogP contribution in [0.4, 0.5) is 0 Å². The average Bonchev–Trinajstić information content (AvgIpc) is 2.72. The Balaban J connectivity index is 1.64. The molecule has 7 nitrogen and oxygen atoms in total. The Kier molecular flexibility index (Phi) is 5.96. The molecule has 0 bridgehead atoms. The summed E-state index contributed by atoms with van der Waals surface area (Å²) in [6, 6.07) is 10.5. The van der Waals surface area contributed by atoms with Crippen LogP contribution in [-0.4, -0.2) is 21.8 Å². The molecule has 2 aromatic heterocycles. The zero-order valence-electron chi connectivity index (χ0n) is 15.6. The molecule has 0 saturated carbocycles. The van der Waals surface area contributed by atoms with Gasteiger partial charge in [-0.15, -0.1) is 0 Å². The lowest BCUT2D eigenvalue weighted by Crippen LogP contribution is -2.41. The predicted molar refractivity (Wildman–Crippen MR) is 104 cm³/mol. The van der Waals surface area contributed by atoms with Crippen LogP contribution in [0.5, 0.6) is 5.75 Å². The first-order valence-corrected chi connectivity index (χ1v) is 8.68. The second-order valence-corrected chi connectivity index (χ2v) is 6.24. The Hall–Kier alpha value is -3.74. The number of rotatable bonds is 5. The number of hydrogen-bond donors (Lipinski definition) is 2. The molecule has 0 unspecified atom stereocenters. The molecular formula is C21H20N4O3. The van der Waals surface area contributed by atoms with Crippen molar-refractivity contribution in [3.05, 3.63) is 89.0 Å². The van der Waals surface area contributed by atoms with Gasteiger partial charge in [0.25, 0.3) is 11.8 Å². The number of aryl methyl sites for hydroxylation is 2. The van der Waals surface area contributed by atoms with Crippen LogP contribution in [0.3, 0.4) is 0 Å². The highest BCUT2D eigenvalue weighted by atomic mass is 16.5. The molecule has 2 amide bonds. The second kappa shape index (κ2) is 8.77. The minimum absolute atomic E-state index is 0.356. The molecule has 0 aliphatic rings. The lowest BCUT2D eigenvalue weighted by Gasteiger charge is -2.14. The number of amides is 2. The van der Waals surface area contributed by atoms with E-state index in [1.165, 1.54) is 6.20 Å². The Morgan fingerprint density at radius 3 is 2.07 bits per heavy atom. The molecule has 142 valence electrons. The molecule has 2 heterocycles. The molecule has 28 heavy (non-hydrogen) atoms. The highest BCUT2D eigenvalue weighted by Crippen LogP contribution is 2.25. The van der Waals surface area contributed by atoms with E-state index in [2.05, 4.69) is 20.8 Å². The number of hydrogen-bond acceptors (Lipinski definition) is 5. The molecule has 0 aliphatic heterocycles. The van der Waals surface area contributed by atoms with Crippen molar-refractivity contribution in [2.45, 2.75) is 20.5 Å². The lowest BCUT2D eigenvalue weighted by atomic mass is 10.1. The van der Waals surface area contributed by atoms with E-state index in [1.807, 2.05) is 26.0 Å². The summed E-state index contributed by atoms with van der Waals surface area (Å²) in [6.45, 7) is 4.13. The molecule has 3 aromatic rings. The van der Waals surface area contributed by atoms with Crippen LogP contribution in [0.15, 0.2) is 61.2 Å². The molecule has 0 saturated heterocycles. The SMILES string of the molecule is Cc1cc(C(=O)NNC(=O)c2cccnc2)cc(C)c1OCc1cccnc1. The fraction of sp³-hybridized carbons (Fsp3) is 0.143. The van der Waals surface area contributed by atoms with E-state index in [0.717, 1.165) is 22.4 Å². The third kappa shape index (κ3) is 4.70. The number of aromatic nitrogens is 2. The Bertz CT molecular complexity index is 952. The lowest BCUT2D eigenvalue weighted by molar-refractivity contribution is 0.0846. The largest absolute Gasteiger partial charge is 0.488 e. The summed E-state index contributed by atoms with van der Waals surface area (Å²) in [5.74, 6) is -0.131. The van der Waals surface area contributed by atoms with E-state index in [0.29, 0.717) is 17.7 Å². The average molecular weight is 376 g/mol. The highest BCUT2D eigenvalue weighted by molar-refractivity contribution is 5.99. The van der Waals surface area contributed by atoms with E-state index < -0.39 is 11.8 Å². The monoisotopic (exact) mass is 376 g/mol. The van der Waals surface area contributed by atoms with Crippen molar-refractivity contribution in [2.75, 3.05) is 0 Å². The van der Waals surface area contributed by atoms with Gasteiger partial charge >= 0.3 is 0 Å². The minimum atomic E-state index is -0.439. The normalized spacial score (nSPS) is 10.2. The zero-order valence-corrected chi connectivity index (χ0v) is 15.6. The molecule has 0 spiro atoms. The number of pyridine rings is 2. The van der Waals surface area contributed by atoms with Gasteiger partial charge in [0.2, 0.25) is 0 Å². The first-order valence-electron chi connectivity index (χ1n) is 8.68. The topological polar surface area (TPSA) is 93.2 Å². The van der Waals surface area contributed by atoms with Crippen molar-refractivity contribution >= 4 is 11.8 Å². The first kappa shape index (κ1) is 19.0. The standard InChI is InChI=1S/C21H20N4O3/c1-14-9-18(21(27)25-24-20(26)17-6-4-8-23-12-17)10-15(2)19(14)28-13-16-5-3-7-22-11-16/h3-12H,13H2,1-2H3,(H,24,26)(H,25,27). The second-order valence-electron chi connectivity index (χ2n) is 6.24. The van der Waals surface area contributed by atoms with Crippen molar-refractivity contribution in [1.29, 1.82) is 0 Å². The van der Waals surface area contributed by atoms with E-state index in [9.17, 15) is 9.59 Å². The van der Waals surface area contributed by atoms with Crippen LogP contribution >= 0.6 is 0 Å². The summed E-state index contributed by atoms with van der Waals surface area (Å²) < 4.78 is 5.90. The molecular weight excluding hydrogens is 356 g/mol. The fourth-order valence-corrected chi connectivity index (χ4v) is 2.70.